The van der Waals surface area contributed by atoms with Crippen molar-refractivity contribution in [3.05, 3.63) is 35.4 Å². The molecule has 0 fully saturated rings. The van der Waals surface area contributed by atoms with Crippen molar-refractivity contribution in [1.29, 1.82) is 5.26 Å². The van der Waals surface area contributed by atoms with Crippen molar-refractivity contribution in [2.45, 2.75) is 6.61 Å². The number of hydrogen-bond acceptors (Lipinski definition) is 3. The van der Waals surface area contributed by atoms with E-state index in [9.17, 15) is 0 Å². The molecule has 0 radical (unpaired) electrons. The highest BCUT2D eigenvalue weighted by Gasteiger charge is 1.97. The van der Waals surface area contributed by atoms with Gasteiger partial charge in [0.1, 0.15) is 0 Å². The number of nitriles is 1. The summed E-state index contributed by atoms with van der Waals surface area (Å²) in [5.74, 6) is 4.87. The first-order valence-corrected chi connectivity index (χ1v) is 3.18. The van der Waals surface area contributed by atoms with Gasteiger partial charge in [-0.05, 0) is 11.6 Å². The average Bonchev–Trinajstić information content (AvgIpc) is 2.06. The molecular formula is C8H9ClN2O. The van der Waals surface area contributed by atoms with Crippen molar-refractivity contribution in [3.8, 4) is 6.07 Å². The predicted molar refractivity (Wildman–Crippen MR) is 47.4 cm³/mol. The Morgan fingerprint density at radius 1 is 1.42 bits per heavy atom. The number of rotatable bonds is 2. The molecule has 0 heterocycles. The molecule has 0 saturated heterocycles. The number of nitrogens with two attached hydrogens (primary N) is 1. The van der Waals surface area contributed by atoms with E-state index in [1.54, 1.807) is 12.1 Å². The topological polar surface area (TPSA) is 59.0 Å². The van der Waals surface area contributed by atoms with Crippen molar-refractivity contribution < 1.29 is 4.84 Å². The molecule has 2 N–H and O–H groups in total. The van der Waals surface area contributed by atoms with Crippen molar-refractivity contribution in [2.24, 2.45) is 5.90 Å². The van der Waals surface area contributed by atoms with Gasteiger partial charge < -0.3 is 0 Å². The summed E-state index contributed by atoms with van der Waals surface area (Å²) in [6, 6.07) is 9.23. The van der Waals surface area contributed by atoms with E-state index in [0.29, 0.717) is 5.56 Å². The summed E-state index contributed by atoms with van der Waals surface area (Å²) in [6.07, 6.45) is 0. The summed E-state index contributed by atoms with van der Waals surface area (Å²) in [7, 11) is 0. The molecule has 4 heteroatoms. The molecule has 12 heavy (non-hydrogen) atoms. The highest BCUT2D eigenvalue weighted by molar-refractivity contribution is 5.85. The molecule has 0 aliphatic carbocycles. The highest BCUT2D eigenvalue weighted by Crippen LogP contribution is 2.06. The summed E-state index contributed by atoms with van der Waals surface area (Å²) >= 11 is 0. The van der Waals surface area contributed by atoms with Crippen LogP contribution in [-0.4, -0.2) is 0 Å². The number of hydrogen-bond donors (Lipinski definition) is 1. The zero-order chi connectivity index (χ0) is 8.10. The predicted octanol–water partition coefficient (Wildman–Crippen LogP) is 1.37. The van der Waals surface area contributed by atoms with Crippen molar-refractivity contribution in [2.75, 3.05) is 0 Å². The second-order valence-electron chi connectivity index (χ2n) is 2.08. The Morgan fingerprint density at radius 2 is 2.08 bits per heavy atom. The van der Waals surface area contributed by atoms with Crippen LogP contribution < -0.4 is 5.90 Å². The standard InChI is InChI=1S/C8H8N2O.ClH/c9-5-7-3-1-2-4-8(7)6-11-10;/h1-4H,6,10H2;1H. The Balaban J connectivity index is 0.00000121. The number of nitrogens with zero attached hydrogens (tertiary/aromatic N) is 1. The lowest BCUT2D eigenvalue weighted by Crippen LogP contribution is -2.00. The summed E-state index contributed by atoms with van der Waals surface area (Å²) < 4.78 is 0. The van der Waals surface area contributed by atoms with Crippen LogP contribution >= 0.6 is 12.4 Å². The minimum absolute atomic E-state index is 0. The summed E-state index contributed by atoms with van der Waals surface area (Å²) in [6.45, 7) is 0.281. The second-order valence-corrected chi connectivity index (χ2v) is 2.08. The van der Waals surface area contributed by atoms with Crippen LogP contribution in [0.3, 0.4) is 0 Å². The molecule has 1 rings (SSSR count). The fraction of sp³-hybridized carbons (Fsp3) is 0.125. The lowest BCUT2D eigenvalue weighted by atomic mass is 10.1. The van der Waals surface area contributed by atoms with Gasteiger partial charge in [-0.1, -0.05) is 18.2 Å². The molecule has 1 aromatic rings. The van der Waals surface area contributed by atoms with Gasteiger partial charge in [0.05, 0.1) is 18.2 Å². The van der Waals surface area contributed by atoms with Gasteiger partial charge in [0.25, 0.3) is 0 Å². The fourth-order valence-corrected chi connectivity index (χ4v) is 0.845. The third-order valence-corrected chi connectivity index (χ3v) is 1.38. The quantitative estimate of drug-likeness (QED) is 0.707. The van der Waals surface area contributed by atoms with E-state index < -0.39 is 0 Å². The average molecular weight is 185 g/mol. The molecular weight excluding hydrogens is 176 g/mol. The Kier molecular flexibility index (Phi) is 5.06. The van der Waals surface area contributed by atoms with Gasteiger partial charge in [0.2, 0.25) is 0 Å². The molecule has 0 spiro atoms. The Morgan fingerprint density at radius 3 is 2.67 bits per heavy atom. The lowest BCUT2D eigenvalue weighted by molar-refractivity contribution is 0.124. The summed E-state index contributed by atoms with van der Waals surface area (Å²) in [5.41, 5.74) is 1.43. The van der Waals surface area contributed by atoms with Gasteiger partial charge >= 0.3 is 0 Å². The van der Waals surface area contributed by atoms with Gasteiger partial charge in [-0.15, -0.1) is 12.4 Å². The fourth-order valence-electron chi connectivity index (χ4n) is 0.845. The lowest BCUT2D eigenvalue weighted by Gasteiger charge is -1.99. The maximum absolute atomic E-state index is 8.60. The molecule has 0 bridgehead atoms. The minimum atomic E-state index is 0. The van der Waals surface area contributed by atoms with Crippen LogP contribution in [0.2, 0.25) is 0 Å². The molecule has 0 aromatic heterocycles. The third-order valence-electron chi connectivity index (χ3n) is 1.38. The second kappa shape index (κ2) is 5.56. The first kappa shape index (κ1) is 10.9. The highest BCUT2D eigenvalue weighted by atomic mass is 35.5. The van der Waals surface area contributed by atoms with E-state index in [4.69, 9.17) is 11.2 Å². The van der Waals surface area contributed by atoms with Crippen LogP contribution in [-0.2, 0) is 11.4 Å². The van der Waals surface area contributed by atoms with E-state index in [1.165, 1.54) is 0 Å². The maximum atomic E-state index is 8.60. The third kappa shape index (κ3) is 2.51. The monoisotopic (exact) mass is 184 g/mol. The molecule has 0 aliphatic rings. The zero-order valence-corrected chi connectivity index (χ0v) is 7.17. The van der Waals surface area contributed by atoms with Gasteiger partial charge in [0.15, 0.2) is 0 Å². The molecule has 1 aromatic carbocycles. The van der Waals surface area contributed by atoms with Crippen molar-refractivity contribution in [1.82, 2.24) is 0 Å². The van der Waals surface area contributed by atoms with Crippen LogP contribution in [0.15, 0.2) is 24.3 Å². The van der Waals surface area contributed by atoms with Crippen molar-refractivity contribution in [3.63, 3.8) is 0 Å². The van der Waals surface area contributed by atoms with Crippen LogP contribution in [0.25, 0.3) is 0 Å². The van der Waals surface area contributed by atoms with Crippen molar-refractivity contribution >= 4 is 12.4 Å². The smallest absolute Gasteiger partial charge is 0.0995 e. The van der Waals surface area contributed by atoms with Gasteiger partial charge in [-0.25, -0.2) is 5.90 Å². The number of halogens is 1. The molecule has 0 amide bonds. The Labute approximate surface area is 77.1 Å². The molecule has 0 atom stereocenters. The maximum Gasteiger partial charge on any atom is 0.0995 e. The normalized spacial score (nSPS) is 8.33. The van der Waals surface area contributed by atoms with Gasteiger partial charge in [-0.2, -0.15) is 5.26 Å². The molecule has 3 nitrogen and oxygen atoms in total. The Hall–Kier alpha value is -1.08. The molecule has 64 valence electrons. The first-order valence-electron chi connectivity index (χ1n) is 3.18. The largest absolute Gasteiger partial charge is 0.300 e. The van der Waals surface area contributed by atoms with E-state index in [0.717, 1.165) is 5.56 Å². The van der Waals surface area contributed by atoms with E-state index in [2.05, 4.69) is 4.84 Å². The molecule has 0 aliphatic heterocycles. The van der Waals surface area contributed by atoms with E-state index >= 15 is 0 Å². The summed E-state index contributed by atoms with van der Waals surface area (Å²) in [4.78, 5) is 4.42. The summed E-state index contributed by atoms with van der Waals surface area (Å²) in [5, 5.41) is 8.60. The SMILES string of the molecule is Cl.N#Cc1ccccc1CON. The molecule has 0 unspecified atom stereocenters. The van der Waals surface area contributed by atoms with Crippen LogP contribution in [0.4, 0.5) is 0 Å². The zero-order valence-electron chi connectivity index (χ0n) is 6.36. The molecule has 0 saturated carbocycles. The minimum Gasteiger partial charge on any atom is -0.300 e. The van der Waals surface area contributed by atoms with E-state index in [-0.39, 0.29) is 19.0 Å². The van der Waals surface area contributed by atoms with Gasteiger partial charge in [-0.3, -0.25) is 4.84 Å². The van der Waals surface area contributed by atoms with E-state index in [1.807, 2.05) is 18.2 Å². The van der Waals surface area contributed by atoms with Crippen LogP contribution in [0.1, 0.15) is 11.1 Å². The first-order chi connectivity index (χ1) is 5.38. The van der Waals surface area contributed by atoms with Gasteiger partial charge in [0, 0.05) is 0 Å². The number of benzene rings is 1. The Bertz CT molecular complexity index is 283. The van der Waals surface area contributed by atoms with Crippen LogP contribution in [0.5, 0.6) is 0 Å². The van der Waals surface area contributed by atoms with Crippen LogP contribution in [0, 0.1) is 11.3 Å².